The number of rotatable bonds is 5. The van der Waals surface area contributed by atoms with Crippen LogP contribution in [0.1, 0.15) is 54.0 Å². The first kappa shape index (κ1) is 23.1. The van der Waals surface area contributed by atoms with E-state index >= 15 is 0 Å². The number of hydrogen-bond donors (Lipinski definition) is 1. The summed E-state index contributed by atoms with van der Waals surface area (Å²) in [5, 5.41) is 8.61. The summed E-state index contributed by atoms with van der Waals surface area (Å²) in [5.41, 5.74) is 7.06. The Balaban J connectivity index is 1.42. The highest BCUT2D eigenvalue weighted by molar-refractivity contribution is 6.12. The number of carbonyl (C=O) groups excluding carboxylic acids is 1. The summed E-state index contributed by atoms with van der Waals surface area (Å²) in [6.45, 7) is 10.5. The Kier molecular flexibility index (Phi) is 6.29. The molecule has 1 saturated heterocycles. The number of fused-ring (bicyclic) bond motifs is 1. The Morgan fingerprint density at radius 1 is 1.00 bits per heavy atom. The van der Waals surface area contributed by atoms with Gasteiger partial charge in [0.2, 0.25) is 0 Å². The summed E-state index contributed by atoms with van der Waals surface area (Å²) >= 11 is 0. The molecule has 2 aromatic heterocycles. The van der Waals surface area contributed by atoms with Gasteiger partial charge < -0.3 is 10.2 Å². The monoisotopic (exact) mass is 467 g/mol. The van der Waals surface area contributed by atoms with E-state index in [1.54, 1.807) is 0 Å². The molecule has 0 radical (unpaired) electrons. The van der Waals surface area contributed by atoms with Crippen LogP contribution in [0, 0.1) is 19.8 Å². The lowest BCUT2D eigenvalue weighted by Crippen LogP contribution is -2.32. The molecule has 0 atom stereocenters. The molecule has 0 spiro atoms. The van der Waals surface area contributed by atoms with Crippen molar-refractivity contribution in [2.45, 2.75) is 47.0 Å². The topological polar surface area (TPSA) is 63.1 Å². The van der Waals surface area contributed by atoms with Crippen molar-refractivity contribution in [1.82, 2.24) is 14.8 Å². The Bertz CT molecular complexity index is 1350. The van der Waals surface area contributed by atoms with Crippen LogP contribution in [0.2, 0.25) is 0 Å². The molecule has 1 aliphatic rings. The first-order valence-electron chi connectivity index (χ1n) is 12.6. The summed E-state index contributed by atoms with van der Waals surface area (Å²) in [6.07, 6.45) is 3.44. The lowest BCUT2D eigenvalue weighted by atomic mass is 9.99. The standard InChI is InChI=1S/C29H33N5O/c1-5-22-6-10-25(11-7-22)34-28-27(21(4)32-34)26(18-20(3)30-28)29(35)31-23-8-12-24(13-9-23)33-16-14-19(2)15-17-33/h6-13,18-19H,5,14-17H2,1-4H3,(H,31,35). The first-order valence-corrected chi connectivity index (χ1v) is 12.6. The molecule has 180 valence electrons. The summed E-state index contributed by atoms with van der Waals surface area (Å²) < 4.78 is 1.84. The van der Waals surface area contributed by atoms with E-state index in [4.69, 9.17) is 10.1 Å². The van der Waals surface area contributed by atoms with Crippen LogP contribution in [-0.4, -0.2) is 33.8 Å². The Hall–Kier alpha value is -3.67. The number of carbonyl (C=O) groups is 1. The predicted octanol–water partition coefficient (Wildman–Crippen LogP) is 6.09. The average Bonchev–Trinajstić information content (AvgIpc) is 3.20. The van der Waals surface area contributed by atoms with E-state index < -0.39 is 0 Å². The minimum Gasteiger partial charge on any atom is -0.372 e. The van der Waals surface area contributed by atoms with Gasteiger partial charge in [0.15, 0.2) is 5.65 Å². The van der Waals surface area contributed by atoms with Gasteiger partial charge in [-0.15, -0.1) is 0 Å². The number of aryl methyl sites for hydroxylation is 3. The van der Waals surface area contributed by atoms with Gasteiger partial charge in [0.1, 0.15) is 0 Å². The van der Waals surface area contributed by atoms with Crippen LogP contribution in [0.15, 0.2) is 54.6 Å². The molecular formula is C29H33N5O. The number of hydrogen-bond acceptors (Lipinski definition) is 4. The summed E-state index contributed by atoms with van der Waals surface area (Å²) in [6, 6.07) is 18.3. The van der Waals surface area contributed by atoms with E-state index in [0.717, 1.165) is 53.6 Å². The summed E-state index contributed by atoms with van der Waals surface area (Å²) in [4.78, 5) is 20.6. The van der Waals surface area contributed by atoms with Crippen LogP contribution in [-0.2, 0) is 6.42 Å². The fourth-order valence-electron chi connectivity index (χ4n) is 4.87. The maximum absolute atomic E-state index is 13.4. The van der Waals surface area contributed by atoms with Crippen LogP contribution in [0.3, 0.4) is 0 Å². The number of benzene rings is 2. The molecule has 2 aromatic carbocycles. The van der Waals surface area contributed by atoms with E-state index in [2.05, 4.69) is 60.5 Å². The van der Waals surface area contributed by atoms with Crippen LogP contribution in [0.5, 0.6) is 0 Å². The highest BCUT2D eigenvalue weighted by Gasteiger charge is 2.20. The molecule has 35 heavy (non-hydrogen) atoms. The zero-order chi connectivity index (χ0) is 24.5. The average molecular weight is 468 g/mol. The second kappa shape index (κ2) is 9.53. The predicted molar refractivity (Wildman–Crippen MR) is 143 cm³/mol. The fourth-order valence-corrected chi connectivity index (χ4v) is 4.87. The van der Waals surface area contributed by atoms with Gasteiger partial charge in [-0.2, -0.15) is 5.10 Å². The number of anilines is 2. The van der Waals surface area contributed by atoms with Crippen molar-refractivity contribution in [1.29, 1.82) is 0 Å². The van der Waals surface area contributed by atoms with Crippen LogP contribution in [0.25, 0.3) is 16.7 Å². The molecule has 1 N–H and O–H groups in total. The number of piperidine rings is 1. The quantitative estimate of drug-likeness (QED) is 0.386. The highest BCUT2D eigenvalue weighted by atomic mass is 16.1. The molecule has 0 unspecified atom stereocenters. The Morgan fingerprint density at radius 3 is 2.31 bits per heavy atom. The molecule has 1 fully saturated rings. The lowest BCUT2D eigenvalue weighted by Gasteiger charge is -2.32. The molecule has 1 aliphatic heterocycles. The van der Waals surface area contributed by atoms with Gasteiger partial charge in [-0.1, -0.05) is 26.0 Å². The van der Waals surface area contributed by atoms with E-state index in [-0.39, 0.29) is 5.91 Å². The van der Waals surface area contributed by atoms with Crippen molar-refractivity contribution in [2.24, 2.45) is 5.92 Å². The third kappa shape index (κ3) is 4.65. The Labute approximate surface area is 207 Å². The van der Waals surface area contributed by atoms with Crippen molar-refractivity contribution >= 4 is 28.3 Å². The van der Waals surface area contributed by atoms with E-state index in [0.29, 0.717) is 11.2 Å². The summed E-state index contributed by atoms with van der Waals surface area (Å²) in [5.74, 6) is 0.651. The molecule has 5 rings (SSSR count). The van der Waals surface area contributed by atoms with Crippen molar-refractivity contribution in [3.8, 4) is 5.69 Å². The van der Waals surface area contributed by atoms with Gasteiger partial charge in [0.05, 0.1) is 22.3 Å². The van der Waals surface area contributed by atoms with E-state index in [1.165, 1.54) is 24.1 Å². The molecule has 6 heteroatoms. The van der Waals surface area contributed by atoms with Gasteiger partial charge in [-0.05, 0) is 87.1 Å². The first-order chi connectivity index (χ1) is 16.9. The normalized spacial score (nSPS) is 14.5. The number of pyridine rings is 1. The van der Waals surface area contributed by atoms with Gasteiger partial charge in [-0.25, -0.2) is 9.67 Å². The molecule has 0 saturated carbocycles. The van der Waals surface area contributed by atoms with Gasteiger partial charge in [-0.3, -0.25) is 4.79 Å². The molecule has 1 amide bonds. The largest absolute Gasteiger partial charge is 0.372 e. The molecule has 0 bridgehead atoms. The molecule has 0 aliphatic carbocycles. The van der Waals surface area contributed by atoms with Crippen molar-refractivity contribution in [2.75, 3.05) is 23.3 Å². The maximum Gasteiger partial charge on any atom is 0.256 e. The minimum atomic E-state index is -0.149. The highest BCUT2D eigenvalue weighted by Crippen LogP contribution is 2.27. The molecular weight excluding hydrogens is 434 g/mol. The van der Waals surface area contributed by atoms with Gasteiger partial charge >= 0.3 is 0 Å². The van der Waals surface area contributed by atoms with Crippen molar-refractivity contribution in [3.05, 3.63) is 77.1 Å². The number of amides is 1. The zero-order valence-electron chi connectivity index (χ0n) is 21.0. The maximum atomic E-state index is 13.4. The van der Waals surface area contributed by atoms with Crippen LogP contribution in [0.4, 0.5) is 11.4 Å². The van der Waals surface area contributed by atoms with Gasteiger partial charge in [0.25, 0.3) is 5.91 Å². The third-order valence-electron chi connectivity index (χ3n) is 7.05. The SMILES string of the molecule is CCc1ccc(-n2nc(C)c3c(C(=O)Nc4ccc(N5CCC(C)CC5)cc4)cc(C)nc32)cc1. The minimum absolute atomic E-state index is 0.149. The number of nitrogens with one attached hydrogen (secondary N) is 1. The zero-order valence-corrected chi connectivity index (χ0v) is 21.0. The van der Waals surface area contributed by atoms with E-state index in [1.807, 2.05) is 36.7 Å². The smallest absolute Gasteiger partial charge is 0.256 e. The van der Waals surface area contributed by atoms with Crippen molar-refractivity contribution < 1.29 is 4.79 Å². The number of nitrogens with zero attached hydrogens (tertiary/aromatic N) is 4. The second-order valence-corrected chi connectivity index (χ2v) is 9.70. The summed E-state index contributed by atoms with van der Waals surface area (Å²) in [7, 11) is 0. The Morgan fingerprint density at radius 2 is 1.66 bits per heavy atom. The number of aromatic nitrogens is 3. The fraction of sp³-hybridized carbons (Fsp3) is 0.345. The third-order valence-corrected chi connectivity index (χ3v) is 7.05. The van der Waals surface area contributed by atoms with Gasteiger partial charge in [0, 0.05) is 30.2 Å². The van der Waals surface area contributed by atoms with Crippen molar-refractivity contribution in [3.63, 3.8) is 0 Å². The molecule has 3 heterocycles. The lowest BCUT2D eigenvalue weighted by molar-refractivity contribution is 0.102. The van der Waals surface area contributed by atoms with Crippen LogP contribution < -0.4 is 10.2 Å². The molecule has 4 aromatic rings. The van der Waals surface area contributed by atoms with E-state index in [9.17, 15) is 4.79 Å². The van der Waals surface area contributed by atoms with Crippen LogP contribution >= 0.6 is 0 Å². The second-order valence-electron chi connectivity index (χ2n) is 9.70. The molecule has 6 nitrogen and oxygen atoms in total.